The van der Waals surface area contributed by atoms with Gasteiger partial charge in [0.2, 0.25) is 11.8 Å². The summed E-state index contributed by atoms with van der Waals surface area (Å²) in [6, 6.07) is 3.50. The third-order valence-corrected chi connectivity index (χ3v) is 3.60. The summed E-state index contributed by atoms with van der Waals surface area (Å²) in [6.07, 6.45) is 0.992. The fourth-order valence-corrected chi connectivity index (χ4v) is 2.41. The first-order valence-corrected chi connectivity index (χ1v) is 7.80. The summed E-state index contributed by atoms with van der Waals surface area (Å²) in [7, 11) is 1.50. The molecule has 0 aliphatic carbocycles. The molecule has 3 N–H and O–H groups in total. The number of hydrogen-bond donors (Lipinski definition) is 3. The third kappa shape index (κ3) is 5.90. The second-order valence-corrected chi connectivity index (χ2v) is 5.61. The van der Waals surface area contributed by atoms with Crippen LogP contribution < -0.4 is 15.4 Å². The molecule has 0 saturated heterocycles. The van der Waals surface area contributed by atoms with Gasteiger partial charge in [-0.3, -0.25) is 9.59 Å². The average molecular weight is 387 g/mol. The van der Waals surface area contributed by atoms with Crippen molar-refractivity contribution in [3.63, 3.8) is 0 Å². The van der Waals surface area contributed by atoms with Crippen LogP contribution in [0.5, 0.6) is 5.75 Å². The minimum absolute atomic E-state index is 0.248. The van der Waals surface area contributed by atoms with Gasteiger partial charge in [0, 0.05) is 6.42 Å². The molecule has 1 aromatic rings. The van der Waals surface area contributed by atoms with Gasteiger partial charge in [0.05, 0.1) is 18.1 Å². The molecule has 0 spiro atoms. The number of hydrogen-bond acceptors (Lipinski definition) is 4. The molecular formula is C15H19BrN2O5. The molecule has 8 heteroatoms. The largest absolute Gasteiger partial charge is 0.496 e. The topological polar surface area (TPSA) is 105 Å². The fourth-order valence-electron chi connectivity index (χ4n) is 1.86. The van der Waals surface area contributed by atoms with E-state index < -0.39 is 17.9 Å². The minimum Gasteiger partial charge on any atom is -0.496 e. The number of nitrogens with one attached hydrogen (secondary N) is 2. The van der Waals surface area contributed by atoms with Crippen LogP contribution in [0.25, 0.3) is 0 Å². The Morgan fingerprint density at radius 2 is 2.00 bits per heavy atom. The van der Waals surface area contributed by atoms with Crippen LogP contribution in [-0.2, 0) is 14.4 Å². The second-order valence-electron chi connectivity index (χ2n) is 4.76. The Balaban J connectivity index is 2.76. The number of carboxylic acids is 1. The van der Waals surface area contributed by atoms with Gasteiger partial charge < -0.3 is 20.5 Å². The van der Waals surface area contributed by atoms with Crippen molar-refractivity contribution in [2.24, 2.45) is 0 Å². The summed E-state index contributed by atoms with van der Waals surface area (Å²) >= 11 is 3.27. The van der Waals surface area contributed by atoms with E-state index >= 15 is 0 Å². The fraction of sp³-hybridized carbons (Fsp3) is 0.400. The summed E-state index contributed by atoms with van der Waals surface area (Å²) in [5, 5.41) is 14.1. The summed E-state index contributed by atoms with van der Waals surface area (Å²) in [5.41, 5.74) is 0.387. The number of ether oxygens (including phenoxy) is 1. The molecule has 7 nitrogen and oxygen atoms in total. The van der Waals surface area contributed by atoms with Crippen molar-refractivity contribution in [3.05, 3.63) is 28.2 Å². The number of carboxylic acid groups (broad SMARTS) is 1. The van der Waals surface area contributed by atoms with E-state index in [-0.39, 0.29) is 12.5 Å². The predicted molar refractivity (Wildman–Crippen MR) is 87.1 cm³/mol. The molecule has 1 rings (SSSR count). The Morgan fingerprint density at radius 3 is 2.52 bits per heavy atom. The molecule has 0 fully saturated rings. The quantitative estimate of drug-likeness (QED) is 0.629. The van der Waals surface area contributed by atoms with Crippen molar-refractivity contribution in [1.29, 1.82) is 0 Å². The van der Waals surface area contributed by atoms with Gasteiger partial charge in [-0.2, -0.15) is 0 Å². The van der Waals surface area contributed by atoms with Gasteiger partial charge in [-0.25, -0.2) is 4.79 Å². The molecule has 1 aromatic carbocycles. The zero-order valence-electron chi connectivity index (χ0n) is 12.9. The molecule has 0 bridgehead atoms. The Hall–Kier alpha value is -2.09. The summed E-state index contributed by atoms with van der Waals surface area (Å²) < 4.78 is 5.66. The van der Waals surface area contributed by atoms with Crippen LogP contribution in [0.15, 0.2) is 22.7 Å². The van der Waals surface area contributed by atoms with Gasteiger partial charge in [-0.1, -0.05) is 13.0 Å². The number of carbonyl (C=O) groups excluding carboxylic acids is 2. The Bertz CT molecular complexity index is 591. The zero-order valence-corrected chi connectivity index (χ0v) is 14.5. The van der Waals surface area contributed by atoms with Crippen molar-refractivity contribution in [3.8, 4) is 5.75 Å². The standard InChI is InChI=1S/C15H19BrN2O5/c1-3-4-12(19)17-8-13(20)18-14(15(21)22)9-5-6-11(23-2)10(16)7-9/h5-7,14H,3-4,8H2,1-2H3,(H,17,19)(H,18,20)(H,21,22). The van der Waals surface area contributed by atoms with E-state index in [1.807, 2.05) is 6.92 Å². The Morgan fingerprint density at radius 1 is 1.30 bits per heavy atom. The Kier molecular flexibility index (Phi) is 7.53. The lowest BCUT2D eigenvalue weighted by atomic mass is 10.1. The van der Waals surface area contributed by atoms with Crippen molar-refractivity contribution < 1.29 is 24.2 Å². The number of halogens is 1. The lowest BCUT2D eigenvalue weighted by Crippen LogP contribution is -2.40. The van der Waals surface area contributed by atoms with E-state index in [2.05, 4.69) is 26.6 Å². The lowest BCUT2D eigenvalue weighted by molar-refractivity contribution is -0.141. The van der Waals surface area contributed by atoms with Gasteiger partial charge in [0.15, 0.2) is 6.04 Å². The van der Waals surface area contributed by atoms with E-state index in [0.717, 1.165) is 0 Å². The number of methoxy groups -OCH3 is 1. The number of amides is 2. The first kappa shape index (κ1) is 19.0. The molecule has 0 aliphatic rings. The maximum Gasteiger partial charge on any atom is 0.330 e. The molecule has 0 heterocycles. The van der Waals surface area contributed by atoms with Crippen LogP contribution >= 0.6 is 15.9 Å². The highest BCUT2D eigenvalue weighted by molar-refractivity contribution is 9.10. The number of carbonyl (C=O) groups is 3. The van der Waals surface area contributed by atoms with Gasteiger partial charge in [0.25, 0.3) is 0 Å². The third-order valence-electron chi connectivity index (χ3n) is 2.98. The van der Waals surface area contributed by atoms with Crippen LogP contribution in [0.4, 0.5) is 0 Å². The van der Waals surface area contributed by atoms with E-state index in [0.29, 0.717) is 28.6 Å². The summed E-state index contributed by atoms with van der Waals surface area (Å²) in [4.78, 5) is 34.5. The van der Waals surface area contributed by atoms with E-state index in [4.69, 9.17) is 4.74 Å². The molecule has 1 unspecified atom stereocenters. The predicted octanol–water partition coefficient (Wildman–Crippen LogP) is 1.62. The first-order chi connectivity index (χ1) is 10.9. The number of rotatable bonds is 8. The molecule has 0 aromatic heterocycles. The number of aliphatic carboxylic acids is 1. The van der Waals surface area contributed by atoms with Gasteiger partial charge in [0.1, 0.15) is 5.75 Å². The van der Waals surface area contributed by atoms with Gasteiger partial charge in [-0.05, 0) is 40.0 Å². The minimum atomic E-state index is -1.22. The molecule has 126 valence electrons. The molecule has 2 amide bonds. The van der Waals surface area contributed by atoms with Gasteiger partial charge >= 0.3 is 5.97 Å². The van der Waals surface area contributed by atoms with E-state index in [9.17, 15) is 19.5 Å². The highest BCUT2D eigenvalue weighted by atomic mass is 79.9. The highest BCUT2D eigenvalue weighted by Gasteiger charge is 2.23. The lowest BCUT2D eigenvalue weighted by Gasteiger charge is -2.16. The second kappa shape index (κ2) is 9.14. The summed E-state index contributed by atoms with van der Waals surface area (Å²) in [5.74, 6) is -1.47. The monoisotopic (exact) mass is 386 g/mol. The first-order valence-electron chi connectivity index (χ1n) is 7.01. The van der Waals surface area contributed by atoms with Crippen LogP contribution in [0.1, 0.15) is 31.4 Å². The molecular weight excluding hydrogens is 368 g/mol. The van der Waals surface area contributed by atoms with Crippen molar-refractivity contribution in [2.45, 2.75) is 25.8 Å². The number of benzene rings is 1. The highest BCUT2D eigenvalue weighted by Crippen LogP contribution is 2.28. The maximum atomic E-state index is 11.8. The molecule has 1 atom stereocenters. The van der Waals surface area contributed by atoms with Crippen molar-refractivity contribution >= 4 is 33.7 Å². The summed E-state index contributed by atoms with van der Waals surface area (Å²) in [6.45, 7) is 1.58. The SMILES string of the molecule is CCCC(=O)NCC(=O)NC(C(=O)O)c1ccc(OC)c(Br)c1. The van der Waals surface area contributed by atoms with E-state index in [1.165, 1.54) is 7.11 Å². The van der Waals surface area contributed by atoms with Gasteiger partial charge in [-0.15, -0.1) is 0 Å². The maximum absolute atomic E-state index is 11.8. The Labute approximate surface area is 142 Å². The van der Waals surface area contributed by atoms with Crippen LogP contribution in [-0.4, -0.2) is 36.5 Å². The normalized spacial score (nSPS) is 11.4. The van der Waals surface area contributed by atoms with Crippen molar-refractivity contribution in [1.82, 2.24) is 10.6 Å². The smallest absolute Gasteiger partial charge is 0.330 e. The van der Waals surface area contributed by atoms with Crippen LogP contribution in [0, 0.1) is 0 Å². The molecule has 0 radical (unpaired) electrons. The van der Waals surface area contributed by atoms with E-state index in [1.54, 1.807) is 18.2 Å². The molecule has 0 aliphatic heterocycles. The molecule has 0 saturated carbocycles. The van der Waals surface area contributed by atoms with Crippen molar-refractivity contribution in [2.75, 3.05) is 13.7 Å². The molecule has 23 heavy (non-hydrogen) atoms. The zero-order chi connectivity index (χ0) is 17.4. The average Bonchev–Trinajstić information content (AvgIpc) is 2.50. The van der Waals surface area contributed by atoms with Crippen LogP contribution in [0.2, 0.25) is 0 Å². The van der Waals surface area contributed by atoms with Crippen LogP contribution in [0.3, 0.4) is 0 Å².